The second-order valence-electron chi connectivity index (χ2n) is 4.67. The Balaban J connectivity index is 2.79. The molecule has 0 aliphatic heterocycles. The normalized spacial score (nSPS) is 18.1. The van der Waals surface area contributed by atoms with E-state index in [1.165, 1.54) is 0 Å². The van der Waals surface area contributed by atoms with Crippen LogP contribution in [-0.4, -0.2) is 51.6 Å². The van der Waals surface area contributed by atoms with Gasteiger partial charge < -0.3 is 20.8 Å². The largest absolute Gasteiger partial charge is 0.480 e. The number of rotatable bonds is 5. The maximum Gasteiger partial charge on any atom is 0.323 e. The summed E-state index contributed by atoms with van der Waals surface area (Å²) in [4.78, 5) is 34.3. The van der Waals surface area contributed by atoms with Crippen LogP contribution >= 0.6 is 0 Å². The Labute approximate surface area is 105 Å². The predicted molar refractivity (Wildman–Crippen MR) is 61.9 cm³/mol. The Bertz CT molecular complexity index is 333. The van der Waals surface area contributed by atoms with Crippen LogP contribution in [0.2, 0.25) is 0 Å². The summed E-state index contributed by atoms with van der Waals surface area (Å²) in [6, 6.07) is 0. The van der Waals surface area contributed by atoms with E-state index in [2.05, 4.69) is 0 Å². The highest BCUT2D eigenvalue weighted by Gasteiger charge is 2.39. The number of nitrogens with two attached hydrogens (primary N) is 1. The highest BCUT2D eigenvalue weighted by Crippen LogP contribution is 2.27. The fourth-order valence-corrected chi connectivity index (χ4v) is 2.24. The van der Waals surface area contributed by atoms with Gasteiger partial charge in [0.15, 0.2) is 0 Å². The zero-order valence-electron chi connectivity index (χ0n) is 10.1. The van der Waals surface area contributed by atoms with Crippen LogP contribution in [0.25, 0.3) is 0 Å². The van der Waals surface area contributed by atoms with Crippen molar-refractivity contribution < 1.29 is 24.6 Å². The molecule has 1 aliphatic rings. The van der Waals surface area contributed by atoms with E-state index >= 15 is 0 Å². The number of aliphatic carboxylic acids is 2. The van der Waals surface area contributed by atoms with Crippen molar-refractivity contribution in [2.75, 3.05) is 13.1 Å². The third kappa shape index (κ3) is 3.69. The van der Waals surface area contributed by atoms with Gasteiger partial charge in [-0.05, 0) is 12.8 Å². The molecular formula is C11H18N2O5. The van der Waals surface area contributed by atoms with Gasteiger partial charge in [-0.1, -0.05) is 19.3 Å². The van der Waals surface area contributed by atoms with Gasteiger partial charge in [-0.15, -0.1) is 0 Å². The minimum Gasteiger partial charge on any atom is -0.480 e. The molecule has 1 fully saturated rings. The van der Waals surface area contributed by atoms with Gasteiger partial charge in [0.2, 0.25) is 5.91 Å². The van der Waals surface area contributed by atoms with Crippen LogP contribution < -0.4 is 5.73 Å². The molecule has 0 heterocycles. The van der Waals surface area contributed by atoms with Crippen LogP contribution in [0.15, 0.2) is 0 Å². The summed E-state index contributed by atoms with van der Waals surface area (Å²) >= 11 is 0. The van der Waals surface area contributed by atoms with E-state index in [0.29, 0.717) is 12.8 Å². The molecule has 0 radical (unpaired) electrons. The van der Waals surface area contributed by atoms with E-state index in [9.17, 15) is 14.4 Å². The lowest BCUT2D eigenvalue weighted by molar-refractivity contribution is -0.152. The van der Waals surface area contributed by atoms with Crippen molar-refractivity contribution in [2.24, 2.45) is 5.73 Å². The zero-order chi connectivity index (χ0) is 13.8. The SMILES string of the molecule is NC1(C(=O)N(CC(=O)O)CC(=O)O)CCCCC1. The molecular weight excluding hydrogens is 240 g/mol. The minimum atomic E-state index is -1.25. The van der Waals surface area contributed by atoms with Crippen LogP contribution in [0.5, 0.6) is 0 Å². The number of carbonyl (C=O) groups excluding carboxylic acids is 1. The van der Waals surface area contributed by atoms with Gasteiger partial charge in [0.25, 0.3) is 0 Å². The Morgan fingerprint density at radius 1 is 1.00 bits per heavy atom. The van der Waals surface area contributed by atoms with E-state index in [4.69, 9.17) is 15.9 Å². The van der Waals surface area contributed by atoms with Gasteiger partial charge >= 0.3 is 11.9 Å². The molecule has 0 aromatic rings. The molecule has 7 nitrogen and oxygen atoms in total. The number of hydrogen-bond donors (Lipinski definition) is 3. The highest BCUT2D eigenvalue weighted by molar-refractivity contribution is 5.91. The molecule has 0 spiro atoms. The third-order valence-corrected chi connectivity index (χ3v) is 3.11. The lowest BCUT2D eigenvalue weighted by Gasteiger charge is -2.35. The van der Waals surface area contributed by atoms with E-state index < -0.39 is 36.5 Å². The molecule has 4 N–H and O–H groups in total. The molecule has 18 heavy (non-hydrogen) atoms. The standard InChI is InChI=1S/C11H18N2O5/c12-11(4-2-1-3-5-11)10(18)13(6-8(14)15)7-9(16)17/h1-7,12H2,(H,14,15)(H,16,17). The number of carboxylic acids is 2. The summed E-state index contributed by atoms with van der Waals surface area (Å²) in [6.07, 6.45) is 3.54. The van der Waals surface area contributed by atoms with Crippen LogP contribution in [0.1, 0.15) is 32.1 Å². The summed E-state index contributed by atoms with van der Waals surface area (Å²) in [5.74, 6) is -3.07. The lowest BCUT2D eigenvalue weighted by Crippen LogP contribution is -2.58. The van der Waals surface area contributed by atoms with Crippen molar-refractivity contribution in [1.82, 2.24) is 4.90 Å². The summed E-state index contributed by atoms with van der Waals surface area (Å²) in [6.45, 7) is -1.27. The molecule has 0 aromatic heterocycles. The van der Waals surface area contributed by atoms with Crippen LogP contribution in [0.4, 0.5) is 0 Å². The first-order valence-corrected chi connectivity index (χ1v) is 5.87. The topological polar surface area (TPSA) is 121 Å². The first-order chi connectivity index (χ1) is 8.35. The summed E-state index contributed by atoms with van der Waals surface area (Å²) in [7, 11) is 0. The van der Waals surface area contributed by atoms with E-state index in [1.807, 2.05) is 0 Å². The average Bonchev–Trinajstić information content (AvgIpc) is 2.27. The number of nitrogens with zero attached hydrogens (tertiary/aromatic N) is 1. The smallest absolute Gasteiger partial charge is 0.323 e. The van der Waals surface area contributed by atoms with Gasteiger partial charge in [0, 0.05) is 0 Å². The van der Waals surface area contributed by atoms with Gasteiger partial charge in [-0.25, -0.2) is 0 Å². The van der Waals surface area contributed by atoms with Crippen molar-refractivity contribution in [3.63, 3.8) is 0 Å². The van der Waals surface area contributed by atoms with Crippen molar-refractivity contribution in [3.05, 3.63) is 0 Å². The van der Waals surface area contributed by atoms with Gasteiger partial charge in [0.1, 0.15) is 13.1 Å². The molecule has 0 unspecified atom stereocenters. The first-order valence-electron chi connectivity index (χ1n) is 5.87. The van der Waals surface area contributed by atoms with E-state index in [1.54, 1.807) is 0 Å². The van der Waals surface area contributed by atoms with Crippen molar-refractivity contribution in [1.29, 1.82) is 0 Å². The Kier molecular flexibility index (Phi) is 4.66. The molecule has 0 aromatic carbocycles. The average molecular weight is 258 g/mol. The minimum absolute atomic E-state index is 0.474. The van der Waals surface area contributed by atoms with E-state index in [0.717, 1.165) is 24.2 Å². The van der Waals surface area contributed by atoms with Crippen molar-refractivity contribution in [2.45, 2.75) is 37.6 Å². The second kappa shape index (κ2) is 5.81. The summed E-state index contributed by atoms with van der Waals surface area (Å²) < 4.78 is 0. The molecule has 102 valence electrons. The zero-order valence-corrected chi connectivity index (χ0v) is 10.1. The van der Waals surface area contributed by atoms with E-state index in [-0.39, 0.29) is 0 Å². The van der Waals surface area contributed by atoms with Crippen LogP contribution in [-0.2, 0) is 14.4 Å². The second-order valence-corrected chi connectivity index (χ2v) is 4.67. The molecule has 7 heteroatoms. The van der Waals surface area contributed by atoms with Crippen molar-refractivity contribution >= 4 is 17.8 Å². The molecule has 0 atom stereocenters. The highest BCUT2D eigenvalue weighted by atomic mass is 16.4. The molecule has 0 bridgehead atoms. The Hall–Kier alpha value is -1.63. The maximum absolute atomic E-state index is 12.2. The van der Waals surface area contributed by atoms with Crippen molar-refractivity contribution in [3.8, 4) is 0 Å². The predicted octanol–water partition coefficient (Wildman–Crippen LogP) is -0.354. The number of hydrogen-bond acceptors (Lipinski definition) is 4. The number of amides is 1. The van der Waals surface area contributed by atoms with Gasteiger partial charge in [-0.2, -0.15) is 0 Å². The third-order valence-electron chi connectivity index (χ3n) is 3.11. The molecule has 1 aliphatic carbocycles. The Morgan fingerprint density at radius 2 is 1.44 bits per heavy atom. The fraction of sp³-hybridized carbons (Fsp3) is 0.727. The molecule has 1 saturated carbocycles. The fourth-order valence-electron chi connectivity index (χ4n) is 2.24. The molecule has 1 amide bonds. The monoisotopic (exact) mass is 258 g/mol. The lowest BCUT2D eigenvalue weighted by atomic mass is 9.81. The van der Waals surface area contributed by atoms with Crippen LogP contribution in [0, 0.1) is 0 Å². The van der Waals surface area contributed by atoms with Gasteiger partial charge in [-0.3, -0.25) is 14.4 Å². The quantitative estimate of drug-likeness (QED) is 0.619. The molecule has 0 saturated heterocycles. The van der Waals surface area contributed by atoms with Crippen LogP contribution in [0.3, 0.4) is 0 Å². The molecule has 1 rings (SSSR count). The number of carbonyl (C=O) groups is 3. The summed E-state index contributed by atoms with van der Waals surface area (Å²) in [5, 5.41) is 17.4. The summed E-state index contributed by atoms with van der Waals surface area (Å²) in [5.41, 5.74) is 4.87. The first kappa shape index (κ1) is 14.4. The Morgan fingerprint density at radius 3 is 1.83 bits per heavy atom. The number of carboxylic acid groups (broad SMARTS) is 2. The maximum atomic E-state index is 12.2. The van der Waals surface area contributed by atoms with Gasteiger partial charge in [0.05, 0.1) is 5.54 Å².